The Kier molecular flexibility index (Phi) is 5.02. The molecule has 0 aliphatic heterocycles. The average Bonchev–Trinajstić information content (AvgIpc) is 2.35. The largest absolute Gasteiger partial charge is 0.416 e. The molecule has 0 saturated carbocycles. The first-order valence-corrected chi connectivity index (χ1v) is 6.64. The van der Waals surface area contributed by atoms with Crippen molar-refractivity contribution in [3.05, 3.63) is 35.4 Å². The van der Waals surface area contributed by atoms with E-state index in [1.807, 2.05) is 6.92 Å². The van der Waals surface area contributed by atoms with Crippen molar-refractivity contribution in [1.29, 1.82) is 0 Å². The van der Waals surface area contributed by atoms with Crippen LogP contribution in [0, 0.1) is 0 Å². The maximum absolute atomic E-state index is 12.5. The molecular weight excluding hydrogens is 251 g/mol. The number of alkyl halides is 3. The van der Waals surface area contributed by atoms with E-state index < -0.39 is 11.7 Å². The summed E-state index contributed by atoms with van der Waals surface area (Å²) in [4.78, 5) is 0. The lowest BCUT2D eigenvalue weighted by Gasteiger charge is -2.31. The molecule has 1 nitrogen and oxygen atoms in total. The number of hydrogen-bond acceptors (Lipinski definition) is 1. The van der Waals surface area contributed by atoms with Crippen LogP contribution in [-0.4, -0.2) is 5.54 Å². The van der Waals surface area contributed by atoms with Gasteiger partial charge in [-0.25, -0.2) is 0 Å². The minimum Gasteiger partial charge on any atom is -0.305 e. The molecule has 0 fully saturated rings. The van der Waals surface area contributed by atoms with Crippen LogP contribution in [0.3, 0.4) is 0 Å². The van der Waals surface area contributed by atoms with E-state index in [9.17, 15) is 13.2 Å². The van der Waals surface area contributed by atoms with E-state index >= 15 is 0 Å². The summed E-state index contributed by atoms with van der Waals surface area (Å²) in [7, 11) is 0. The van der Waals surface area contributed by atoms with E-state index in [1.54, 1.807) is 12.1 Å². The lowest BCUT2D eigenvalue weighted by Crippen LogP contribution is -2.40. The van der Waals surface area contributed by atoms with Gasteiger partial charge in [0.25, 0.3) is 0 Å². The van der Waals surface area contributed by atoms with Gasteiger partial charge < -0.3 is 5.32 Å². The Morgan fingerprint density at radius 3 is 1.95 bits per heavy atom. The van der Waals surface area contributed by atoms with Crippen molar-refractivity contribution in [3.8, 4) is 0 Å². The highest BCUT2D eigenvalue weighted by molar-refractivity contribution is 5.27. The van der Waals surface area contributed by atoms with Crippen molar-refractivity contribution in [2.75, 3.05) is 0 Å². The molecular formula is C15H22F3N. The Hall–Kier alpha value is -1.03. The molecule has 0 bridgehead atoms. The smallest absolute Gasteiger partial charge is 0.305 e. The fourth-order valence-corrected chi connectivity index (χ4v) is 1.90. The lowest BCUT2D eigenvalue weighted by atomic mass is 9.96. The van der Waals surface area contributed by atoms with Crippen molar-refractivity contribution in [3.63, 3.8) is 0 Å². The average molecular weight is 273 g/mol. The van der Waals surface area contributed by atoms with Gasteiger partial charge in [0.05, 0.1) is 5.56 Å². The van der Waals surface area contributed by atoms with Gasteiger partial charge in [-0.3, -0.25) is 0 Å². The molecule has 1 aromatic carbocycles. The van der Waals surface area contributed by atoms with Crippen molar-refractivity contribution in [2.24, 2.45) is 0 Å². The van der Waals surface area contributed by atoms with Gasteiger partial charge in [-0.2, -0.15) is 13.2 Å². The summed E-state index contributed by atoms with van der Waals surface area (Å²) in [6.45, 7) is 8.31. The fourth-order valence-electron chi connectivity index (χ4n) is 1.90. The van der Waals surface area contributed by atoms with Gasteiger partial charge in [-0.05, 0) is 44.4 Å². The van der Waals surface area contributed by atoms with Crippen LogP contribution in [0.5, 0.6) is 0 Å². The predicted octanol–water partition coefficient (Wildman–Crippen LogP) is 4.93. The highest BCUT2D eigenvalue weighted by atomic mass is 19.4. The summed E-state index contributed by atoms with van der Waals surface area (Å²) in [5.74, 6) is 0. The van der Waals surface area contributed by atoms with E-state index in [0.717, 1.165) is 30.5 Å². The van der Waals surface area contributed by atoms with Gasteiger partial charge in [0.15, 0.2) is 0 Å². The van der Waals surface area contributed by atoms with Gasteiger partial charge in [0.1, 0.15) is 0 Å². The second kappa shape index (κ2) is 5.95. The number of halogens is 3. The monoisotopic (exact) mass is 273 g/mol. The zero-order valence-electron chi connectivity index (χ0n) is 11.9. The molecule has 1 rings (SSSR count). The van der Waals surface area contributed by atoms with E-state index in [2.05, 4.69) is 26.1 Å². The van der Waals surface area contributed by atoms with Crippen molar-refractivity contribution in [2.45, 2.75) is 58.3 Å². The number of hydrogen-bond donors (Lipinski definition) is 1. The van der Waals surface area contributed by atoms with Crippen LogP contribution in [0.25, 0.3) is 0 Å². The van der Waals surface area contributed by atoms with Crippen LogP contribution >= 0.6 is 0 Å². The first kappa shape index (κ1) is 16.0. The first-order chi connectivity index (χ1) is 8.69. The highest BCUT2D eigenvalue weighted by Gasteiger charge is 2.30. The first-order valence-electron chi connectivity index (χ1n) is 6.64. The quantitative estimate of drug-likeness (QED) is 0.801. The van der Waals surface area contributed by atoms with E-state index in [0.29, 0.717) is 0 Å². The Morgan fingerprint density at radius 1 is 1.05 bits per heavy atom. The van der Waals surface area contributed by atoms with Gasteiger partial charge in [-0.15, -0.1) is 0 Å². The molecule has 0 radical (unpaired) electrons. The van der Waals surface area contributed by atoms with Crippen molar-refractivity contribution >= 4 is 0 Å². The third-order valence-electron chi connectivity index (χ3n) is 3.50. The zero-order chi connectivity index (χ0) is 14.7. The van der Waals surface area contributed by atoms with E-state index in [4.69, 9.17) is 0 Å². The summed E-state index contributed by atoms with van der Waals surface area (Å²) in [5, 5.41) is 3.49. The second-order valence-corrected chi connectivity index (χ2v) is 5.46. The molecule has 4 heteroatoms. The molecule has 1 atom stereocenters. The maximum atomic E-state index is 12.5. The summed E-state index contributed by atoms with van der Waals surface area (Å²) in [6.07, 6.45) is -2.46. The summed E-state index contributed by atoms with van der Waals surface area (Å²) < 4.78 is 37.5. The van der Waals surface area contributed by atoms with Crippen LogP contribution in [0.1, 0.15) is 57.7 Å². The predicted molar refractivity (Wildman–Crippen MR) is 72.0 cm³/mol. The molecule has 0 aliphatic rings. The van der Waals surface area contributed by atoms with Gasteiger partial charge in [0.2, 0.25) is 0 Å². The molecule has 0 saturated heterocycles. The van der Waals surface area contributed by atoms with Crippen molar-refractivity contribution < 1.29 is 13.2 Å². The van der Waals surface area contributed by atoms with E-state index in [-0.39, 0.29) is 11.6 Å². The number of nitrogens with one attached hydrogen (secondary N) is 1. The van der Waals surface area contributed by atoms with Crippen LogP contribution in [0.15, 0.2) is 24.3 Å². The topological polar surface area (TPSA) is 12.0 Å². The molecule has 108 valence electrons. The minimum atomic E-state index is -4.27. The molecule has 19 heavy (non-hydrogen) atoms. The lowest BCUT2D eigenvalue weighted by molar-refractivity contribution is -0.137. The SMILES string of the molecule is CCC(NC(C)(C)CC)c1ccc(C(F)(F)F)cc1. The van der Waals surface area contributed by atoms with Gasteiger partial charge in [-0.1, -0.05) is 26.0 Å². The second-order valence-electron chi connectivity index (χ2n) is 5.46. The molecule has 0 aromatic heterocycles. The molecule has 0 amide bonds. The van der Waals surface area contributed by atoms with Crippen molar-refractivity contribution in [1.82, 2.24) is 5.32 Å². The Balaban J connectivity index is 2.89. The maximum Gasteiger partial charge on any atom is 0.416 e. The molecule has 1 N–H and O–H groups in total. The van der Waals surface area contributed by atoms with E-state index in [1.165, 1.54) is 0 Å². The third-order valence-corrected chi connectivity index (χ3v) is 3.50. The Labute approximate surface area is 113 Å². The standard InChI is InChI=1S/C15H22F3N/c1-5-13(19-14(3,4)6-2)11-7-9-12(10-8-11)15(16,17)18/h7-10,13,19H,5-6H2,1-4H3. The van der Waals surface area contributed by atoms with Crippen LogP contribution in [0.4, 0.5) is 13.2 Å². The molecule has 0 heterocycles. The van der Waals surface area contributed by atoms with Gasteiger partial charge >= 0.3 is 6.18 Å². The van der Waals surface area contributed by atoms with Crippen LogP contribution < -0.4 is 5.32 Å². The minimum absolute atomic E-state index is 0.0244. The summed E-state index contributed by atoms with van der Waals surface area (Å²) in [5.41, 5.74) is 0.279. The molecule has 0 aliphatic carbocycles. The third kappa shape index (κ3) is 4.53. The normalized spacial score (nSPS) is 14.5. The number of benzene rings is 1. The Bertz CT molecular complexity index is 393. The molecule has 0 spiro atoms. The van der Waals surface area contributed by atoms with Gasteiger partial charge in [0, 0.05) is 11.6 Å². The number of rotatable bonds is 5. The summed E-state index contributed by atoms with van der Waals surface area (Å²) >= 11 is 0. The molecule has 1 aromatic rings. The Morgan fingerprint density at radius 2 is 1.58 bits per heavy atom. The summed E-state index contributed by atoms with van der Waals surface area (Å²) in [6, 6.07) is 5.51. The van der Waals surface area contributed by atoms with Crippen LogP contribution in [0.2, 0.25) is 0 Å². The highest BCUT2D eigenvalue weighted by Crippen LogP contribution is 2.30. The zero-order valence-corrected chi connectivity index (χ0v) is 11.9. The van der Waals surface area contributed by atoms with Crippen LogP contribution in [-0.2, 0) is 6.18 Å². The molecule has 1 unspecified atom stereocenters. The fraction of sp³-hybridized carbons (Fsp3) is 0.600.